The molecule has 3 aromatic rings. The Morgan fingerprint density at radius 1 is 0.578 bits per heavy atom. The second-order valence-electron chi connectivity index (χ2n) is 5.05. The van der Waals surface area contributed by atoms with Gasteiger partial charge in [-0.2, -0.15) is 18.2 Å². The summed E-state index contributed by atoms with van der Waals surface area (Å²) in [6, 6.07) is 31.2. The van der Waals surface area contributed by atoms with E-state index >= 15 is 0 Å². The Balaban J connectivity index is -0.0000000430. The normalized spacial score (nSPS) is 5.60. The molecule has 0 aromatic heterocycles. The molecule has 0 N–H and O–H groups in total. The van der Waals surface area contributed by atoms with Gasteiger partial charge < -0.3 is 9.47 Å². The molecule has 0 aliphatic rings. The molecule has 0 aliphatic heterocycles. The molecule has 0 amide bonds. The first-order valence-corrected chi connectivity index (χ1v) is 10.8. The van der Waals surface area contributed by atoms with Crippen LogP contribution in [0.25, 0.3) is 0 Å². The number of carbonyl (C=O) groups is 2. The van der Waals surface area contributed by atoms with Crippen molar-refractivity contribution in [3.63, 3.8) is 0 Å². The summed E-state index contributed by atoms with van der Waals surface area (Å²) in [5.74, 6) is 2.28. The Morgan fingerprint density at radius 2 is 0.822 bits per heavy atom. The third-order valence-corrected chi connectivity index (χ3v) is 4.27. The summed E-state index contributed by atoms with van der Waals surface area (Å²) >= 11 is 0. The van der Waals surface area contributed by atoms with Crippen molar-refractivity contribution in [3.05, 3.63) is 138 Å². The van der Waals surface area contributed by atoms with Crippen LogP contribution in [-0.2, 0) is 107 Å². The fourth-order valence-corrected chi connectivity index (χ4v) is 2.79. The molecule has 236 valence electrons. The van der Waals surface area contributed by atoms with E-state index in [-0.39, 0.29) is 54.9 Å². The largest absolute Gasteiger partial charge is 0.214 e. The average molecular weight is 799 g/mol. The first-order valence-electron chi connectivity index (χ1n) is 9.80. The van der Waals surface area contributed by atoms with Crippen molar-refractivity contribution in [1.29, 1.82) is 0 Å². The van der Waals surface area contributed by atoms with Crippen molar-refractivity contribution >= 4 is 31.1 Å². The summed E-state index contributed by atoms with van der Waals surface area (Å²) < 4.78 is 60.7. The quantitative estimate of drug-likeness (QED) is 0.0733. The molecule has 0 bridgehead atoms. The SMILES string of the molecule is COC(=O)C#CC(=O)OC.[C-]#[O+].[C-]#[O+].[C-]#[O+].[C-]#[O+].[C-]#[O+].[C-]#[O+].[C-]#[O+].[Co].[Mn].[Mo].c1cc[cH-]c1.c1ccc(Pc2ccccc2)cc1. The van der Waals surface area contributed by atoms with Gasteiger partial charge in [-0.25, -0.2) is 21.7 Å². The molecule has 0 atom stereocenters. The van der Waals surface area contributed by atoms with Crippen LogP contribution in [0.2, 0.25) is 0 Å². The molecular weight excluding hydrogens is 777 g/mol. The molecule has 11 nitrogen and oxygen atoms in total. The number of rotatable bonds is 2. The van der Waals surface area contributed by atoms with Crippen molar-refractivity contribution in [3.8, 4) is 11.8 Å². The minimum atomic E-state index is -0.759. The minimum absolute atomic E-state index is 0. The van der Waals surface area contributed by atoms with E-state index in [1.54, 1.807) is 0 Å². The van der Waals surface area contributed by atoms with Gasteiger partial charge in [0.25, 0.3) is 0 Å². The average Bonchev–Trinajstić information content (AvgIpc) is 3.72. The maximum Gasteiger partial charge on any atom is 0 e. The van der Waals surface area contributed by atoms with Crippen LogP contribution in [-0.4, -0.2) is 26.2 Å². The summed E-state index contributed by atoms with van der Waals surface area (Å²) in [4.78, 5) is 20.5. The summed E-state index contributed by atoms with van der Waals surface area (Å²) in [6.07, 6.45) is 0. The van der Waals surface area contributed by atoms with Crippen molar-refractivity contribution in [2.45, 2.75) is 0 Å². The monoisotopic (exact) mass is 801 g/mol. The number of esters is 2. The number of hydrogen-bond acceptors (Lipinski definition) is 4. The van der Waals surface area contributed by atoms with Gasteiger partial charge in [0.1, 0.15) is 0 Å². The Bertz CT molecular complexity index is 1050. The smallest absolute Gasteiger partial charge is 0 e. The molecule has 0 saturated heterocycles. The van der Waals surface area contributed by atoms with E-state index in [1.807, 2.05) is 42.2 Å². The predicted octanol–water partition coefficient (Wildman–Crippen LogP) is 2.79. The van der Waals surface area contributed by atoms with Crippen molar-refractivity contribution < 1.29 is 107 Å². The maximum atomic E-state index is 10.2. The van der Waals surface area contributed by atoms with E-state index in [9.17, 15) is 9.59 Å². The zero-order chi connectivity index (χ0) is 34.5. The molecule has 15 heteroatoms. The van der Waals surface area contributed by atoms with Crippen LogP contribution in [0, 0.1) is 58.4 Å². The van der Waals surface area contributed by atoms with E-state index in [2.05, 4.69) is 117 Å². The van der Waals surface area contributed by atoms with Crippen LogP contribution in [0.15, 0.2) is 91.0 Å². The molecule has 0 aliphatic carbocycles. The summed E-state index contributed by atoms with van der Waals surface area (Å²) in [6.45, 7) is 31.5. The van der Waals surface area contributed by atoms with E-state index in [0.717, 1.165) is 8.58 Å². The molecule has 0 heterocycles. The zero-order valence-electron chi connectivity index (χ0n) is 23.3. The molecular formula is C30H22CoMnMoO11P-. The predicted molar refractivity (Wildman–Crippen MR) is 142 cm³/mol. The number of ether oxygens (including phenoxy) is 2. The van der Waals surface area contributed by atoms with Gasteiger partial charge in [-0.15, -0.1) is 0 Å². The third-order valence-electron chi connectivity index (χ3n) is 3.03. The number of methoxy groups -OCH3 is 2. The van der Waals surface area contributed by atoms with Gasteiger partial charge in [0.05, 0.1) is 14.2 Å². The Hall–Kier alpha value is -3.39. The van der Waals surface area contributed by atoms with Gasteiger partial charge in [-0.05, 0) is 10.6 Å². The van der Waals surface area contributed by atoms with Gasteiger partial charge in [0.2, 0.25) is 0 Å². The van der Waals surface area contributed by atoms with E-state index in [4.69, 9.17) is 32.6 Å². The summed E-state index contributed by atoms with van der Waals surface area (Å²) in [7, 11) is 3.13. The fraction of sp³-hybridized carbons (Fsp3) is 0.0667. The number of carbonyl (C=O) groups excluding carboxylic acids is 2. The van der Waals surface area contributed by atoms with Crippen LogP contribution in [0.4, 0.5) is 0 Å². The van der Waals surface area contributed by atoms with Gasteiger partial charge in [0.15, 0.2) is 0 Å². The molecule has 0 fully saturated rings. The van der Waals surface area contributed by atoms with Crippen LogP contribution >= 0.6 is 8.58 Å². The third kappa shape index (κ3) is 64.6. The van der Waals surface area contributed by atoms with Crippen LogP contribution < -0.4 is 10.6 Å². The van der Waals surface area contributed by atoms with E-state index in [1.165, 1.54) is 24.8 Å². The molecule has 3 aromatic carbocycles. The molecule has 45 heavy (non-hydrogen) atoms. The van der Waals surface area contributed by atoms with Crippen molar-refractivity contribution in [2.75, 3.05) is 14.2 Å². The van der Waals surface area contributed by atoms with E-state index < -0.39 is 11.9 Å². The second-order valence-corrected chi connectivity index (χ2v) is 6.46. The summed E-state index contributed by atoms with van der Waals surface area (Å²) in [5, 5.41) is 2.79. The molecule has 0 saturated carbocycles. The van der Waals surface area contributed by atoms with E-state index in [0.29, 0.717) is 0 Å². The topological polar surface area (TPSA) is 192 Å². The molecule has 0 spiro atoms. The first-order chi connectivity index (χ1) is 20.7. The van der Waals surface area contributed by atoms with Gasteiger partial charge in [-0.1, -0.05) is 69.2 Å². The minimum Gasteiger partial charge on any atom is -0.214 e. The Morgan fingerprint density at radius 3 is 1.00 bits per heavy atom. The maximum absolute atomic E-state index is 10.2. The second kappa shape index (κ2) is 77.8. The fourth-order valence-electron chi connectivity index (χ4n) is 1.73. The first kappa shape index (κ1) is 68.7. The Labute approximate surface area is 299 Å². The van der Waals surface area contributed by atoms with Gasteiger partial charge in [0, 0.05) is 66.8 Å². The number of hydrogen-bond donors (Lipinski definition) is 0. The molecule has 3 rings (SSSR count). The molecule has 0 unspecified atom stereocenters. The molecule has 2 radical (unpaired) electrons. The summed E-state index contributed by atoms with van der Waals surface area (Å²) in [5.41, 5.74) is 0. The Kier molecular flexibility index (Phi) is 119. The van der Waals surface area contributed by atoms with Gasteiger partial charge >= 0.3 is 91.1 Å². The van der Waals surface area contributed by atoms with Crippen LogP contribution in [0.1, 0.15) is 0 Å². The van der Waals surface area contributed by atoms with Crippen molar-refractivity contribution in [1.82, 2.24) is 0 Å². The standard InChI is InChI=1S/C12H11P.C6H6O4.C5H5.7CO.Co.Mn.Mo/c1-3-7-11(8-4-1)13-12-9-5-2-6-10-12;1-9-5(7)3-4-6(8)10-2;1-2-4-5-3-1;7*1-2;;;/h1-10,13H;1-2H3;1-5H;;;;;;;;;;/q;;-1;;;;;;;;;;. The van der Waals surface area contributed by atoms with Gasteiger partial charge in [-0.3, -0.25) is 0 Å². The van der Waals surface area contributed by atoms with Crippen molar-refractivity contribution in [2.24, 2.45) is 0 Å². The van der Waals surface area contributed by atoms with Crippen LogP contribution in [0.3, 0.4) is 0 Å². The van der Waals surface area contributed by atoms with Crippen LogP contribution in [0.5, 0.6) is 0 Å². The zero-order valence-corrected chi connectivity index (χ0v) is 28.5. The number of benzene rings is 2.